The van der Waals surface area contributed by atoms with Gasteiger partial charge in [0.15, 0.2) is 0 Å². The summed E-state index contributed by atoms with van der Waals surface area (Å²) in [5.74, 6) is 0.0621. The molecule has 0 bridgehead atoms. The molecule has 1 rings (SSSR count). The molecule has 0 saturated carbocycles. The summed E-state index contributed by atoms with van der Waals surface area (Å²) in [6.45, 7) is 2.08. The normalized spacial score (nSPS) is 12.1. The molecule has 0 aliphatic heterocycles. The molecule has 0 saturated heterocycles. The topological polar surface area (TPSA) is 43.8 Å². The van der Waals surface area contributed by atoms with Crippen molar-refractivity contribution in [2.24, 2.45) is 0 Å². The van der Waals surface area contributed by atoms with E-state index in [0.29, 0.717) is 6.54 Å². The Kier molecular flexibility index (Phi) is 4.52. The van der Waals surface area contributed by atoms with E-state index < -0.39 is 6.10 Å². The van der Waals surface area contributed by atoms with Gasteiger partial charge in [-0.1, -0.05) is 12.1 Å². The summed E-state index contributed by atoms with van der Waals surface area (Å²) in [6.07, 6.45) is -0.460. The largest absolute Gasteiger partial charge is 0.389 e. The molecule has 1 amide bonds. The van der Waals surface area contributed by atoms with Crippen LogP contribution in [0.1, 0.15) is 18.6 Å². The lowest BCUT2D eigenvalue weighted by molar-refractivity contribution is -0.127. The Morgan fingerprint density at radius 2 is 1.76 bits per heavy atom. The molecule has 1 atom stereocenters. The number of anilines is 1. The number of carbonyl (C=O) groups excluding carboxylic acids is 1. The molecule has 1 aromatic carbocycles. The Labute approximate surface area is 102 Å². The number of aliphatic hydroxyl groups excluding tert-OH is 1. The average molecular weight is 236 g/mol. The molecule has 0 unspecified atom stereocenters. The molecule has 4 nitrogen and oxygen atoms in total. The first-order chi connectivity index (χ1) is 7.91. The highest BCUT2D eigenvalue weighted by molar-refractivity contribution is 5.80. The minimum absolute atomic E-state index is 0.0621. The molecule has 0 radical (unpaired) electrons. The second-order valence-electron chi connectivity index (χ2n) is 4.41. The first-order valence-electron chi connectivity index (χ1n) is 5.61. The molecule has 0 aromatic heterocycles. The SMILES string of the molecule is C[C@H](O)c1ccc(N(C)CC(=O)N(C)C)cc1. The summed E-state index contributed by atoms with van der Waals surface area (Å²) >= 11 is 0. The van der Waals surface area contributed by atoms with E-state index in [-0.39, 0.29) is 5.91 Å². The fourth-order valence-corrected chi connectivity index (χ4v) is 1.44. The van der Waals surface area contributed by atoms with E-state index >= 15 is 0 Å². The number of benzene rings is 1. The molecule has 17 heavy (non-hydrogen) atoms. The Balaban J connectivity index is 2.70. The highest BCUT2D eigenvalue weighted by atomic mass is 16.3. The first-order valence-corrected chi connectivity index (χ1v) is 5.61. The van der Waals surface area contributed by atoms with Crippen molar-refractivity contribution in [2.75, 3.05) is 32.6 Å². The zero-order valence-corrected chi connectivity index (χ0v) is 10.8. The lowest BCUT2D eigenvalue weighted by Gasteiger charge is -2.21. The second kappa shape index (κ2) is 5.68. The summed E-state index contributed by atoms with van der Waals surface area (Å²) in [4.78, 5) is 15.0. The van der Waals surface area contributed by atoms with Crippen LogP contribution in [-0.4, -0.2) is 43.6 Å². The van der Waals surface area contributed by atoms with Gasteiger partial charge in [0.25, 0.3) is 0 Å². The lowest BCUT2D eigenvalue weighted by atomic mass is 10.1. The zero-order chi connectivity index (χ0) is 13.0. The number of hydrogen-bond donors (Lipinski definition) is 1. The van der Waals surface area contributed by atoms with Gasteiger partial charge in [-0.15, -0.1) is 0 Å². The number of carbonyl (C=O) groups is 1. The predicted molar refractivity (Wildman–Crippen MR) is 69.0 cm³/mol. The maximum absolute atomic E-state index is 11.5. The van der Waals surface area contributed by atoms with Gasteiger partial charge in [-0.05, 0) is 24.6 Å². The summed E-state index contributed by atoms with van der Waals surface area (Å²) in [5.41, 5.74) is 1.84. The minimum atomic E-state index is -0.460. The fourth-order valence-electron chi connectivity index (χ4n) is 1.44. The van der Waals surface area contributed by atoms with Gasteiger partial charge in [0.2, 0.25) is 5.91 Å². The van der Waals surface area contributed by atoms with Crippen LogP contribution in [0.5, 0.6) is 0 Å². The van der Waals surface area contributed by atoms with Crippen molar-refractivity contribution in [1.82, 2.24) is 4.90 Å². The van der Waals surface area contributed by atoms with E-state index in [1.807, 2.05) is 36.2 Å². The van der Waals surface area contributed by atoms with Crippen molar-refractivity contribution in [3.8, 4) is 0 Å². The third-order valence-electron chi connectivity index (χ3n) is 2.69. The number of hydrogen-bond acceptors (Lipinski definition) is 3. The summed E-state index contributed by atoms with van der Waals surface area (Å²) in [6, 6.07) is 7.56. The van der Waals surface area contributed by atoms with E-state index in [4.69, 9.17) is 0 Å². The molecule has 0 fully saturated rings. The van der Waals surface area contributed by atoms with Gasteiger partial charge in [-0.3, -0.25) is 4.79 Å². The molecule has 94 valence electrons. The number of aliphatic hydroxyl groups is 1. The van der Waals surface area contributed by atoms with Crippen LogP contribution in [0.4, 0.5) is 5.69 Å². The van der Waals surface area contributed by atoms with Gasteiger partial charge in [-0.2, -0.15) is 0 Å². The van der Waals surface area contributed by atoms with Crippen LogP contribution < -0.4 is 4.90 Å². The molecule has 0 heterocycles. The predicted octanol–water partition coefficient (Wildman–Crippen LogP) is 1.26. The molecule has 1 aromatic rings. The van der Waals surface area contributed by atoms with Crippen molar-refractivity contribution < 1.29 is 9.90 Å². The van der Waals surface area contributed by atoms with E-state index in [9.17, 15) is 9.90 Å². The van der Waals surface area contributed by atoms with Crippen LogP contribution in [0, 0.1) is 0 Å². The van der Waals surface area contributed by atoms with Gasteiger partial charge in [0.1, 0.15) is 0 Å². The maximum atomic E-state index is 11.5. The molecular formula is C13H20N2O2. The van der Waals surface area contributed by atoms with Gasteiger partial charge < -0.3 is 14.9 Å². The van der Waals surface area contributed by atoms with Gasteiger partial charge in [-0.25, -0.2) is 0 Å². The van der Waals surface area contributed by atoms with Gasteiger partial charge in [0.05, 0.1) is 12.6 Å². The van der Waals surface area contributed by atoms with Crippen molar-refractivity contribution in [1.29, 1.82) is 0 Å². The summed E-state index contributed by atoms with van der Waals surface area (Å²) in [5, 5.41) is 9.40. The number of rotatable bonds is 4. The monoisotopic (exact) mass is 236 g/mol. The second-order valence-corrected chi connectivity index (χ2v) is 4.41. The Bertz CT molecular complexity index is 372. The summed E-state index contributed by atoms with van der Waals surface area (Å²) in [7, 11) is 5.36. The van der Waals surface area contributed by atoms with Gasteiger partial charge in [0, 0.05) is 26.8 Å². The maximum Gasteiger partial charge on any atom is 0.241 e. The fraction of sp³-hybridized carbons (Fsp3) is 0.462. The van der Waals surface area contributed by atoms with Crippen LogP contribution in [0.3, 0.4) is 0 Å². The molecule has 0 aliphatic carbocycles. The standard InChI is InChI=1S/C13H20N2O2/c1-10(16)11-5-7-12(8-6-11)15(4)9-13(17)14(2)3/h5-8,10,16H,9H2,1-4H3/t10-/m0/s1. The Morgan fingerprint density at radius 3 is 2.18 bits per heavy atom. The summed E-state index contributed by atoms with van der Waals surface area (Å²) < 4.78 is 0. The van der Waals surface area contributed by atoms with Crippen molar-refractivity contribution in [2.45, 2.75) is 13.0 Å². The van der Waals surface area contributed by atoms with Gasteiger partial charge >= 0.3 is 0 Å². The highest BCUT2D eigenvalue weighted by Crippen LogP contribution is 2.17. The first kappa shape index (κ1) is 13.5. The van der Waals surface area contributed by atoms with E-state index in [0.717, 1.165) is 11.3 Å². The number of likely N-dealkylation sites (N-methyl/N-ethyl adjacent to an activating group) is 2. The average Bonchev–Trinajstić information content (AvgIpc) is 2.28. The van der Waals surface area contributed by atoms with Crippen LogP contribution in [0.25, 0.3) is 0 Å². The van der Waals surface area contributed by atoms with Crippen LogP contribution in [-0.2, 0) is 4.79 Å². The molecule has 0 spiro atoms. The minimum Gasteiger partial charge on any atom is -0.389 e. The van der Waals surface area contributed by atoms with E-state index in [2.05, 4.69) is 0 Å². The van der Waals surface area contributed by atoms with E-state index in [1.54, 1.807) is 25.9 Å². The van der Waals surface area contributed by atoms with E-state index in [1.165, 1.54) is 0 Å². The quantitative estimate of drug-likeness (QED) is 0.856. The Morgan fingerprint density at radius 1 is 1.24 bits per heavy atom. The zero-order valence-electron chi connectivity index (χ0n) is 10.8. The molecule has 4 heteroatoms. The smallest absolute Gasteiger partial charge is 0.241 e. The van der Waals surface area contributed by atoms with Crippen molar-refractivity contribution in [3.05, 3.63) is 29.8 Å². The van der Waals surface area contributed by atoms with Crippen LogP contribution in [0.2, 0.25) is 0 Å². The third-order valence-corrected chi connectivity index (χ3v) is 2.69. The highest BCUT2D eigenvalue weighted by Gasteiger charge is 2.09. The molecule has 0 aliphatic rings. The molecular weight excluding hydrogens is 216 g/mol. The third kappa shape index (κ3) is 3.75. The van der Waals surface area contributed by atoms with Crippen molar-refractivity contribution >= 4 is 11.6 Å². The number of amides is 1. The lowest BCUT2D eigenvalue weighted by Crippen LogP contribution is -2.34. The number of nitrogens with zero attached hydrogens (tertiary/aromatic N) is 2. The van der Waals surface area contributed by atoms with Crippen LogP contribution in [0.15, 0.2) is 24.3 Å². The van der Waals surface area contributed by atoms with Crippen molar-refractivity contribution in [3.63, 3.8) is 0 Å². The Hall–Kier alpha value is -1.55. The molecule has 1 N–H and O–H groups in total. The van der Waals surface area contributed by atoms with Crippen LogP contribution >= 0.6 is 0 Å².